The number of thiophene rings is 1. The molecule has 1 aliphatic carbocycles. The fraction of sp³-hybridized carbons (Fsp3) is 0. The molecule has 0 nitrogen and oxygen atoms in total. The van der Waals surface area contributed by atoms with Crippen LogP contribution in [0.5, 0.6) is 0 Å². The van der Waals surface area contributed by atoms with Gasteiger partial charge in [0, 0.05) is 15.9 Å². The lowest BCUT2D eigenvalue weighted by atomic mass is 10.1. The highest BCUT2D eigenvalue weighted by Crippen LogP contribution is 2.36. The van der Waals surface area contributed by atoms with Crippen molar-refractivity contribution in [1.82, 2.24) is 0 Å². The van der Waals surface area contributed by atoms with Gasteiger partial charge in [-0.1, -0.05) is 27.3 Å². The molecule has 0 bridgehead atoms. The SMILES string of the molecule is Brc1ccc2sc3c(c2c1)C=C[C+]=C3. The van der Waals surface area contributed by atoms with Crippen molar-refractivity contribution in [2.45, 2.75) is 0 Å². The molecule has 0 saturated heterocycles. The summed E-state index contributed by atoms with van der Waals surface area (Å²) in [4.78, 5) is 1.31. The van der Waals surface area contributed by atoms with Gasteiger partial charge >= 0.3 is 0 Å². The minimum absolute atomic E-state index is 1.14. The fourth-order valence-corrected chi connectivity index (χ4v) is 3.07. The molecule has 14 heavy (non-hydrogen) atoms. The molecule has 0 radical (unpaired) electrons. The van der Waals surface area contributed by atoms with E-state index in [1.807, 2.05) is 23.5 Å². The molecule has 2 heteroatoms. The van der Waals surface area contributed by atoms with Crippen LogP contribution in [0.4, 0.5) is 0 Å². The maximum Gasteiger partial charge on any atom is 0.148 e. The van der Waals surface area contributed by atoms with Gasteiger partial charge in [-0.05, 0) is 18.2 Å². The minimum atomic E-state index is 1.14. The lowest BCUT2D eigenvalue weighted by Gasteiger charge is -1.91. The smallest absolute Gasteiger partial charge is 0.0650 e. The molecule has 3 rings (SSSR count). The third-order valence-electron chi connectivity index (χ3n) is 2.28. The van der Waals surface area contributed by atoms with Gasteiger partial charge in [0.25, 0.3) is 0 Å². The molecule has 0 fully saturated rings. The van der Waals surface area contributed by atoms with Crippen LogP contribution in [0.3, 0.4) is 0 Å². The van der Waals surface area contributed by atoms with Crippen LogP contribution in [-0.2, 0) is 0 Å². The Kier molecular flexibility index (Phi) is 1.81. The largest absolute Gasteiger partial charge is 0.148 e. The topological polar surface area (TPSA) is 0 Å². The van der Waals surface area contributed by atoms with Crippen LogP contribution in [0.25, 0.3) is 22.2 Å². The van der Waals surface area contributed by atoms with Gasteiger partial charge in [-0.15, -0.1) is 0 Å². The zero-order valence-corrected chi connectivity index (χ0v) is 9.65. The Labute approximate surface area is 94.7 Å². The van der Waals surface area contributed by atoms with Gasteiger partial charge in [-0.2, -0.15) is 0 Å². The molecule has 66 valence electrons. The van der Waals surface area contributed by atoms with E-state index in [0.29, 0.717) is 0 Å². The summed E-state index contributed by atoms with van der Waals surface area (Å²) >= 11 is 5.32. The van der Waals surface area contributed by atoms with Gasteiger partial charge < -0.3 is 0 Å². The second-order valence-corrected chi connectivity index (χ2v) is 5.16. The molecule has 0 N–H and O–H groups in total. The Bertz CT molecular complexity index is 561. The average Bonchev–Trinajstić information content (AvgIpc) is 2.56. The fourth-order valence-electron chi connectivity index (χ4n) is 1.64. The van der Waals surface area contributed by atoms with Gasteiger partial charge in [0.1, 0.15) is 22.6 Å². The summed E-state index contributed by atoms with van der Waals surface area (Å²) in [5, 5.41) is 1.33. The quantitative estimate of drug-likeness (QED) is 0.613. The van der Waals surface area contributed by atoms with E-state index in [4.69, 9.17) is 0 Å². The summed E-state index contributed by atoms with van der Waals surface area (Å²) in [6.07, 6.45) is 9.25. The lowest BCUT2D eigenvalue weighted by Crippen LogP contribution is -1.76. The van der Waals surface area contributed by atoms with Crippen molar-refractivity contribution >= 4 is 49.5 Å². The van der Waals surface area contributed by atoms with E-state index in [9.17, 15) is 0 Å². The third-order valence-corrected chi connectivity index (χ3v) is 3.90. The highest BCUT2D eigenvalue weighted by atomic mass is 79.9. The predicted octanol–water partition coefficient (Wildman–Crippen LogP) is 4.51. The number of benzene rings is 1. The van der Waals surface area contributed by atoms with Gasteiger partial charge in [0.2, 0.25) is 0 Å². The van der Waals surface area contributed by atoms with Crippen molar-refractivity contribution in [2.24, 2.45) is 0 Å². The van der Waals surface area contributed by atoms with Crippen molar-refractivity contribution in [2.75, 3.05) is 0 Å². The Hall–Kier alpha value is -0.950. The molecule has 0 unspecified atom stereocenters. The number of halogens is 1. The van der Waals surface area contributed by atoms with Gasteiger partial charge in [-0.3, -0.25) is 0 Å². The van der Waals surface area contributed by atoms with E-state index >= 15 is 0 Å². The molecule has 0 atom stereocenters. The van der Waals surface area contributed by atoms with E-state index in [2.05, 4.69) is 46.3 Å². The minimum Gasteiger partial charge on any atom is -0.0650 e. The molecule has 0 saturated carbocycles. The molecule has 1 aromatic heterocycles. The first kappa shape index (κ1) is 8.37. The third kappa shape index (κ3) is 1.16. The number of rotatable bonds is 0. The Morgan fingerprint density at radius 1 is 1.29 bits per heavy atom. The van der Waals surface area contributed by atoms with Crippen LogP contribution < -0.4 is 0 Å². The number of allylic oxidation sites excluding steroid dienone is 2. The zero-order valence-electron chi connectivity index (χ0n) is 7.25. The number of hydrogen-bond donors (Lipinski definition) is 0. The summed E-state index contributed by atoms with van der Waals surface area (Å²) in [6.45, 7) is 0. The summed E-state index contributed by atoms with van der Waals surface area (Å²) in [5.74, 6) is 0. The van der Waals surface area contributed by atoms with Crippen LogP contribution in [0, 0.1) is 6.08 Å². The van der Waals surface area contributed by atoms with Gasteiger partial charge in [0.15, 0.2) is 0 Å². The van der Waals surface area contributed by atoms with Crippen molar-refractivity contribution in [1.29, 1.82) is 0 Å². The maximum atomic E-state index is 3.50. The summed E-state index contributed by atoms with van der Waals surface area (Å²) in [6, 6.07) is 6.42. The van der Waals surface area contributed by atoms with Crippen molar-refractivity contribution in [3.05, 3.63) is 45.3 Å². The van der Waals surface area contributed by atoms with Crippen LogP contribution in [0.2, 0.25) is 0 Å². The number of hydrogen-bond acceptors (Lipinski definition) is 1. The van der Waals surface area contributed by atoms with E-state index in [-0.39, 0.29) is 0 Å². The molecule has 1 heterocycles. The molecule has 0 spiro atoms. The van der Waals surface area contributed by atoms with Crippen molar-refractivity contribution < 1.29 is 0 Å². The first-order chi connectivity index (χ1) is 6.84. The van der Waals surface area contributed by atoms with E-state index in [1.165, 1.54) is 20.5 Å². The van der Waals surface area contributed by atoms with Crippen LogP contribution in [0.1, 0.15) is 10.4 Å². The molecule has 2 aromatic rings. The Morgan fingerprint density at radius 3 is 3.14 bits per heavy atom. The molecular formula is C12H6BrS+. The summed E-state index contributed by atoms with van der Waals surface area (Å²) in [5.41, 5.74) is 1.32. The van der Waals surface area contributed by atoms with Gasteiger partial charge in [0.05, 0.1) is 10.8 Å². The van der Waals surface area contributed by atoms with Gasteiger partial charge in [-0.25, -0.2) is 0 Å². The van der Waals surface area contributed by atoms with E-state index in [0.717, 1.165) is 4.47 Å². The Morgan fingerprint density at radius 2 is 2.21 bits per heavy atom. The summed E-state index contributed by atoms with van der Waals surface area (Å²) < 4.78 is 2.47. The van der Waals surface area contributed by atoms with Crippen LogP contribution in [-0.4, -0.2) is 0 Å². The maximum absolute atomic E-state index is 3.50. The van der Waals surface area contributed by atoms with E-state index in [1.54, 1.807) is 0 Å². The Balaban J connectivity index is 2.45. The molecular weight excluding hydrogens is 256 g/mol. The first-order valence-electron chi connectivity index (χ1n) is 4.32. The second kappa shape index (κ2) is 3.03. The molecule has 1 aromatic carbocycles. The van der Waals surface area contributed by atoms with E-state index < -0.39 is 0 Å². The average molecular weight is 262 g/mol. The molecule has 0 amide bonds. The normalized spacial score (nSPS) is 12.9. The highest BCUT2D eigenvalue weighted by molar-refractivity contribution is 9.10. The van der Waals surface area contributed by atoms with Crippen molar-refractivity contribution in [3.63, 3.8) is 0 Å². The lowest BCUT2D eigenvalue weighted by molar-refractivity contribution is 1.73. The molecule has 0 aliphatic heterocycles. The summed E-state index contributed by atoms with van der Waals surface area (Å²) in [7, 11) is 0. The highest BCUT2D eigenvalue weighted by Gasteiger charge is 2.16. The zero-order chi connectivity index (χ0) is 9.54. The molecule has 1 aliphatic rings. The van der Waals surface area contributed by atoms with Crippen LogP contribution in [0.15, 0.2) is 28.7 Å². The second-order valence-electron chi connectivity index (χ2n) is 3.16. The first-order valence-corrected chi connectivity index (χ1v) is 5.93. The predicted molar refractivity (Wildman–Crippen MR) is 66.3 cm³/mol. The number of fused-ring (bicyclic) bond motifs is 3. The van der Waals surface area contributed by atoms with Crippen molar-refractivity contribution in [3.8, 4) is 0 Å². The standard InChI is InChI=1S/C12H6BrS/c13-8-5-6-12-10(7-8)9-3-1-2-4-11(9)14-12/h1,3-7H/q+1. The monoisotopic (exact) mass is 261 g/mol. The van der Waals surface area contributed by atoms with Crippen LogP contribution >= 0.6 is 27.3 Å².